The smallest absolute Gasteiger partial charge is 0.314 e. The summed E-state index contributed by atoms with van der Waals surface area (Å²) in [5, 5.41) is 15.4. The number of fused-ring (bicyclic) bond motifs is 1. The highest BCUT2D eigenvalue weighted by molar-refractivity contribution is 6.31. The highest BCUT2D eigenvalue weighted by atomic mass is 35.5. The number of amides is 2. The average Bonchev–Trinajstić information content (AvgIpc) is 2.80. The highest BCUT2D eigenvalue weighted by Gasteiger charge is 2.04. The molecule has 6 nitrogen and oxygen atoms in total. The Morgan fingerprint density at radius 1 is 1.19 bits per heavy atom. The molecular formula is C14H16ClN3O3. The van der Waals surface area contributed by atoms with Crippen LogP contribution in [0.2, 0.25) is 5.02 Å². The molecule has 1 aromatic carbocycles. The van der Waals surface area contributed by atoms with E-state index in [4.69, 9.17) is 16.7 Å². The summed E-state index contributed by atoms with van der Waals surface area (Å²) in [6.45, 7) is 1.19. The first-order valence-corrected chi connectivity index (χ1v) is 6.92. The number of carbonyl (C=O) groups is 2. The second-order valence-electron chi connectivity index (χ2n) is 4.54. The van der Waals surface area contributed by atoms with E-state index in [0.29, 0.717) is 18.1 Å². The number of nitrogens with zero attached hydrogens (tertiary/aromatic N) is 1. The van der Waals surface area contributed by atoms with Crippen LogP contribution in [0.5, 0.6) is 0 Å². The predicted octanol–water partition coefficient (Wildman–Crippen LogP) is 2.07. The third-order valence-corrected chi connectivity index (χ3v) is 3.23. The number of aromatic nitrogens is 1. The summed E-state index contributed by atoms with van der Waals surface area (Å²) in [4.78, 5) is 21.7. The molecule has 0 bridgehead atoms. The third kappa shape index (κ3) is 4.39. The number of rotatable bonds is 6. The van der Waals surface area contributed by atoms with Gasteiger partial charge < -0.3 is 20.3 Å². The summed E-state index contributed by atoms with van der Waals surface area (Å²) < 4.78 is 2.02. The maximum absolute atomic E-state index is 11.4. The monoisotopic (exact) mass is 309 g/mol. The number of urea groups is 1. The summed E-state index contributed by atoms with van der Waals surface area (Å²) in [7, 11) is 0. The van der Waals surface area contributed by atoms with Gasteiger partial charge in [0.2, 0.25) is 0 Å². The number of carboxylic acids is 1. The first-order chi connectivity index (χ1) is 10.1. The maximum Gasteiger partial charge on any atom is 0.314 e. The molecule has 0 radical (unpaired) electrons. The van der Waals surface area contributed by atoms with Crippen molar-refractivity contribution in [3.63, 3.8) is 0 Å². The average molecular weight is 310 g/mol. The molecule has 2 amide bonds. The molecule has 3 N–H and O–H groups in total. The molecule has 0 aliphatic carbocycles. The van der Waals surface area contributed by atoms with Gasteiger partial charge in [-0.05, 0) is 24.3 Å². The lowest BCUT2D eigenvalue weighted by Gasteiger charge is -2.08. The van der Waals surface area contributed by atoms with Gasteiger partial charge in [0, 0.05) is 41.8 Å². The van der Waals surface area contributed by atoms with E-state index in [1.165, 1.54) is 0 Å². The molecule has 112 valence electrons. The molecule has 0 saturated carbocycles. The van der Waals surface area contributed by atoms with Crippen molar-refractivity contribution in [2.24, 2.45) is 0 Å². The molecule has 1 aromatic heterocycles. The molecule has 1 heterocycles. The Hall–Kier alpha value is -2.21. The maximum atomic E-state index is 11.4. The SMILES string of the molecule is O=C(O)CCNC(=O)NCCn1ccc2cc(Cl)ccc21. The molecule has 7 heteroatoms. The fourth-order valence-corrected chi connectivity index (χ4v) is 2.18. The third-order valence-electron chi connectivity index (χ3n) is 3.00. The summed E-state index contributed by atoms with van der Waals surface area (Å²) in [6.07, 6.45) is 1.85. The molecule has 0 aliphatic heterocycles. The highest BCUT2D eigenvalue weighted by Crippen LogP contribution is 2.20. The standard InChI is InChI=1S/C14H16ClN3O3/c15-11-1-2-12-10(9-11)4-7-18(12)8-6-17-14(21)16-5-3-13(19)20/h1-2,4,7,9H,3,5-6,8H2,(H,19,20)(H2,16,17,21). The van der Waals surface area contributed by atoms with E-state index >= 15 is 0 Å². The molecule has 0 atom stereocenters. The van der Waals surface area contributed by atoms with Gasteiger partial charge in [0.25, 0.3) is 0 Å². The topological polar surface area (TPSA) is 83.4 Å². The lowest BCUT2D eigenvalue weighted by molar-refractivity contribution is -0.136. The van der Waals surface area contributed by atoms with Gasteiger partial charge in [-0.25, -0.2) is 4.79 Å². The number of benzene rings is 1. The van der Waals surface area contributed by atoms with Crippen LogP contribution in [0.15, 0.2) is 30.5 Å². The second kappa shape index (κ2) is 6.99. The Bertz CT molecular complexity index is 654. The van der Waals surface area contributed by atoms with Crippen LogP contribution in [0.25, 0.3) is 10.9 Å². The van der Waals surface area contributed by atoms with E-state index < -0.39 is 5.97 Å². The van der Waals surface area contributed by atoms with E-state index in [2.05, 4.69) is 10.6 Å². The van der Waals surface area contributed by atoms with Gasteiger partial charge in [-0.15, -0.1) is 0 Å². The first-order valence-electron chi connectivity index (χ1n) is 6.54. The molecule has 2 rings (SSSR count). The number of carboxylic acid groups (broad SMARTS) is 1. The number of halogens is 1. The zero-order valence-electron chi connectivity index (χ0n) is 11.3. The molecule has 0 spiro atoms. The molecule has 0 fully saturated rings. The summed E-state index contributed by atoms with van der Waals surface area (Å²) in [5.41, 5.74) is 1.05. The first kappa shape index (κ1) is 15.2. The Balaban J connectivity index is 1.80. The van der Waals surface area contributed by atoms with Gasteiger partial charge in [-0.1, -0.05) is 11.6 Å². The van der Waals surface area contributed by atoms with Crippen molar-refractivity contribution < 1.29 is 14.7 Å². The Morgan fingerprint density at radius 2 is 1.95 bits per heavy atom. The molecule has 2 aromatic rings. The van der Waals surface area contributed by atoms with Crippen molar-refractivity contribution in [3.8, 4) is 0 Å². The van der Waals surface area contributed by atoms with E-state index in [1.54, 1.807) is 0 Å². The number of hydrogen-bond acceptors (Lipinski definition) is 2. The predicted molar refractivity (Wildman–Crippen MR) is 80.6 cm³/mol. The van der Waals surface area contributed by atoms with E-state index in [-0.39, 0.29) is 19.0 Å². The van der Waals surface area contributed by atoms with Crippen LogP contribution in [0, 0.1) is 0 Å². The van der Waals surface area contributed by atoms with Crippen molar-refractivity contribution in [3.05, 3.63) is 35.5 Å². The van der Waals surface area contributed by atoms with Crippen LogP contribution in [0.4, 0.5) is 4.79 Å². The van der Waals surface area contributed by atoms with E-state index in [1.807, 2.05) is 35.0 Å². The quantitative estimate of drug-likeness (QED) is 0.764. The zero-order valence-corrected chi connectivity index (χ0v) is 12.1. The van der Waals surface area contributed by atoms with Crippen molar-refractivity contribution in [1.29, 1.82) is 0 Å². The van der Waals surface area contributed by atoms with Gasteiger partial charge >= 0.3 is 12.0 Å². The minimum absolute atomic E-state index is 0.0869. The zero-order chi connectivity index (χ0) is 15.2. The fourth-order valence-electron chi connectivity index (χ4n) is 2.00. The summed E-state index contributed by atoms with van der Waals surface area (Å²) >= 11 is 5.93. The molecular weight excluding hydrogens is 294 g/mol. The Labute approximate surface area is 126 Å². The van der Waals surface area contributed by atoms with Gasteiger partial charge in [0.15, 0.2) is 0 Å². The van der Waals surface area contributed by atoms with Crippen LogP contribution in [-0.4, -0.2) is 34.8 Å². The minimum Gasteiger partial charge on any atom is -0.481 e. The van der Waals surface area contributed by atoms with Crippen molar-refractivity contribution in [1.82, 2.24) is 15.2 Å². The van der Waals surface area contributed by atoms with Crippen molar-refractivity contribution >= 4 is 34.5 Å². The van der Waals surface area contributed by atoms with Gasteiger partial charge in [-0.3, -0.25) is 4.79 Å². The lowest BCUT2D eigenvalue weighted by atomic mass is 10.2. The molecule has 0 aliphatic rings. The van der Waals surface area contributed by atoms with Crippen LogP contribution in [0.3, 0.4) is 0 Å². The molecule has 0 saturated heterocycles. The number of nitrogens with one attached hydrogen (secondary N) is 2. The van der Waals surface area contributed by atoms with Crippen LogP contribution >= 0.6 is 11.6 Å². The normalized spacial score (nSPS) is 10.5. The van der Waals surface area contributed by atoms with Crippen LogP contribution < -0.4 is 10.6 Å². The Kier molecular flexibility index (Phi) is 5.05. The summed E-state index contributed by atoms with van der Waals surface area (Å²) in [5.74, 6) is -0.937. The van der Waals surface area contributed by atoms with Gasteiger partial charge in [0.1, 0.15) is 0 Å². The van der Waals surface area contributed by atoms with E-state index in [0.717, 1.165) is 10.9 Å². The van der Waals surface area contributed by atoms with Gasteiger partial charge in [0.05, 0.1) is 6.42 Å². The number of carbonyl (C=O) groups excluding carboxylic acids is 1. The van der Waals surface area contributed by atoms with Crippen LogP contribution in [0.1, 0.15) is 6.42 Å². The van der Waals surface area contributed by atoms with Crippen molar-refractivity contribution in [2.45, 2.75) is 13.0 Å². The fraction of sp³-hybridized carbons (Fsp3) is 0.286. The van der Waals surface area contributed by atoms with Crippen LogP contribution in [-0.2, 0) is 11.3 Å². The summed E-state index contributed by atoms with van der Waals surface area (Å²) in [6, 6.07) is 7.25. The number of hydrogen-bond donors (Lipinski definition) is 3. The minimum atomic E-state index is -0.937. The number of aliphatic carboxylic acids is 1. The molecule has 21 heavy (non-hydrogen) atoms. The van der Waals surface area contributed by atoms with E-state index in [9.17, 15) is 9.59 Å². The molecule has 0 unspecified atom stereocenters. The Morgan fingerprint density at radius 3 is 2.71 bits per heavy atom. The van der Waals surface area contributed by atoms with Gasteiger partial charge in [-0.2, -0.15) is 0 Å². The van der Waals surface area contributed by atoms with Crippen molar-refractivity contribution in [2.75, 3.05) is 13.1 Å². The largest absolute Gasteiger partial charge is 0.481 e. The lowest BCUT2D eigenvalue weighted by Crippen LogP contribution is -2.38. The second-order valence-corrected chi connectivity index (χ2v) is 4.98.